The number of aliphatic carboxylic acids is 1. The molecule has 0 aromatic heterocycles. The third-order valence-electron chi connectivity index (χ3n) is 11.7. The van der Waals surface area contributed by atoms with Crippen molar-refractivity contribution in [2.75, 3.05) is 19.6 Å². The number of fused-ring (bicyclic) bond motifs is 5. The van der Waals surface area contributed by atoms with Crippen molar-refractivity contribution in [1.82, 2.24) is 4.90 Å². The average molecular weight is 534 g/mol. The zero-order valence-corrected chi connectivity index (χ0v) is 25.0. The van der Waals surface area contributed by atoms with Crippen molar-refractivity contribution < 1.29 is 24.5 Å². The van der Waals surface area contributed by atoms with E-state index in [1.165, 1.54) is 0 Å². The van der Waals surface area contributed by atoms with E-state index in [0.717, 1.165) is 70.9 Å². The molecule has 6 heteroatoms. The molecule has 0 bridgehead atoms. The Labute approximate surface area is 231 Å². The number of aliphatic hydroxyl groups excluding tert-OH is 1. The fourth-order valence-corrected chi connectivity index (χ4v) is 10.2. The van der Waals surface area contributed by atoms with E-state index < -0.39 is 17.7 Å². The Kier molecular flexibility index (Phi) is 8.94. The molecule has 4 aliphatic rings. The van der Waals surface area contributed by atoms with Crippen LogP contribution in [0.2, 0.25) is 0 Å². The molecule has 0 aromatic rings. The number of aliphatic hydroxyl groups is 1. The van der Waals surface area contributed by atoms with Crippen LogP contribution in [0.4, 0.5) is 0 Å². The molecule has 4 saturated carbocycles. The fourth-order valence-electron chi connectivity index (χ4n) is 10.2. The topological polar surface area (TPSA) is 87.1 Å². The van der Waals surface area contributed by atoms with E-state index >= 15 is 0 Å². The molecular formula is C32H55NO5. The third kappa shape index (κ3) is 5.68. The summed E-state index contributed by atoms with van der Waals surface area (Å²) >= 11 is 0. The summed E-state index contributed by atoms with van der Waals surface area (Å²) in [5.41, 5.74) is -0.435. The first-order valence-corrected chi connectivity index (χ1v) is 15.6. The van der Waals surface area contributed by atoms with Gasteiger partial charge < -0.3 is 19.8 Å². The first-order chi connectivity index (χ1) is 17.8. The lowest BCUT2D eigenvalue weighted by Gasteiger charge is -2.62. The number of hydrogen-bond donors (Lipinski definition) is 2. The minimum absolute atomic E-state index is 0.0583. The third-order valence-corrected chi connectivity index (χ3v) is 11.7. The Hall–Kier alpha value is -1.14. The summed E-state index contributed by atoms with van der Waals surface area (Å²) in [6, 6.07) is 0. The summed E-state index contributed by atoms with van der Waals surface area (Å²) < 4.78 is 5.92. The van der Waals surface area contributed by atoms with Gasteiger partial charge in [0.15, 0.2) is 0 Å². The van der Waals surface area contributed by atoms with Gasteiger partial charge in [-0.05, 0) is 104 Å². The zero-order chi connectivity index (χ0) is 27.9. The van der Waals surface area contributed by atoms with Crippen molar-refractivity contribution in [3.63, 3.8) is 0 Å². The van der Waals surface area contributed by atoms with Gasteiger partial charge in [-0.15, -0.1) is 0 Å². The fraction of sp³-hybridized carbons (Fsp3) is 0.938. The van der Waals surface area contributed by atoms with Gasteiger partial charge in [0.05, 0.1) is 12.0 Å². The average Bonchev–Trinajstić information content (AvgIpc) is 3.16. The quantitative estimate of drug-likeness (QED) is 0.317. The van der Waals surface area contributed by atoms with Gasteiger partial charge in [-0.1, -0.05) is 41.5 Å². The Morgan fingerprint density at radius 2 is 1.58 bits per heavy atom. The maximum atomic E-state index is 12.0. The molecule has 0 radical (unpaired) electrons. The summed E-state index contributed by atoms with van der Waals surface area (Å²) in [7, 11) is 0. The van der Waals surface area contributed by atoms with Crippen LogP contribution in [0.5, 0.6) is 0 Å². The van der Waals surface area contributed by atoms with E-state index in [2.05, 4.69) is 46.4 Å². The molecule has 218 valence electrons. The largest absolute Gasteiger partial charge is 0.481 e. The molecule has 4 aliphatic carbocycles. The van der Waals surface area contributed by atoms with E-state index in [1.807, 2.05) is 0 Å². The monoisotopic (exact) mass is 533 g/mol. The van der Waals surface area contributed by atoms with Crippen LogP contribution in [0, 0.1) is 52.3 Å². The lowest BCUT2D eigenvalue weighted by atomic mass is 9.43. The highest BCUT2D eigenvalue weighted by atomic mass is 16.5. The number of ether oxygens (including phenoxy) is 1. The van der Waals surface area contributed by atoms with Crippen molar-refractivity contribution in [3.05, 3.63) is 0 Å². The van der Waals surface area contributed by atoms with E-state index in [9.17, 15) is 19.8 Å². The minimum atomic E-state index is -0.597. The molecule has 0 aliphatic heterocycles. The Morgan fingerprint density at radius 1 is 0.921 bits per heavy atom. The lowest BCUT2D eigenvalue weighted by Crippen LogP contribution is -2.57. The number of hydrogen-bond acceptors (Lipinski definition) is 5. The standard InChI is InChI=1S/C32H55NO5/c1-21(2)17-33(18-22(3)4)19-24(35)16-32(38-20-34)14-13-30(5)23(15-32)7-8-25-26-9-10-28(29(36)37)31(26,6)12-11-27(25)30/h20-28,35H,7-19H2,1-6H3,(H,36,37)/t23?,24?,25-,26-,27-,28?,30-,31-,32?/m0/s1. The summed E-state index contributed by atoms with van der Waals surface area (Å²) in [6.45, 7) is 16.8. The van der Waals surface area contributed by atoms with Crippen molar-refractivity contribution in [1.29, 1.82) is 0 Å². The molecule has 6 nitrogen and oxygen atoms in total. The van der Waals surface area contributed by atoms with Gasteiger partial charge in [0.25, 0.3) is 6.47 Å². The molecule has 4 unspecified atom stereocenters. The van der Waals surface area contributed by atoms with E-state index in [0.29, 0.717) is 54.9 Å². The summed E-state index contributed by atoms with van der Waals surface area (Å²) in [5, 5.41) is 21.2. The number of rotatable bonds is 11. The SMILES string of the molecule is CC(C)CN(CC(C)C)CC(O)CC1(OC=O)CC[C@@]2(C)C(CC[C@@H]3[C@@H]2CC[C@]2(C)C(C(=O)O)CC[C@@H]32)C1. The van der Waals surface area contributed by atoms with E-state index in [-0.39, 0.29) is 16.7 Å². The van der Waals surface area contributed by atoms with Crippen molar-refractivity contribution >= 4 is 12.4 Å². The van der Waals surface area contributed by atoms with Gasteiger partial charge in [0.1, 0.15) is 5.60 Å². The Balaban J connectivity index is 1.46. The van der Waals surface area contributed by atoms with E-state index in [4.69, 9.17) is 4.74 Å². The Bertz CT molecular complexity index is 836. The highest BCUT2D eigenvalue weighted by Gasteiger charge is 2.62. The van der Waals surface area contributed by atoms with Gasteiger partial charge in [-0.25, -0.2) is 0 Å². The van der Waals surface area contributed by atoms with Crippen molar-refractivity contribution in [2.24, 2.45) is 52.3 Å². The molecule has 0 amide bonds. The molecule has 9 atom stereocenters. The second-order valence-corrected chi connectivity index (χ2v) is 15.1. The van der Waals surface area contributed by atoms with Crippen LogP contribution in [-0.2, 0) is 14.3 Å². The van der Waals surface area contributed by atoms with Crippen LogP contribution in [0.1, 0.15) is 106 Å². The van der Waals surface area contributed by atoms with Crippen molar-refractivity contribution in [2.45, 2.75) is 117 Å². The number of carbonyl (C=O) groups is 2. The van der Waals surface area contributed by atoms with Gasteiger partial charge >= 0.3 is 5.97 Å². The van der Waals surface area contributed by atoms with Crippen molar-refractivity contribution in [3.8, 4) is 0 Å². The van der Waals surface area contributed by atoms with Crippen LogP contribution in [0.15, 0.2) is 0 Å². The zero-order valence-electron chi connectivity index (χ0n) is 25.0. The molecule has 0 spiro atoms. The van der Waals surface area contributed by atoms with Gasteiger partial charge in [-0.2, -0.15) is 0 Å². The highest BCUT2D eigenvalue weighted by Crippen LogP contribution is 2.68. The van der Waals surface area contributed by atoms with Gasteiger partial charge in [0.2, 0.25) is 0 Å². The first-order valence-electron chi connectivity index (χ1n) is 15.6. The predicted molar refractivity (Wildman–Crippen MR) is 149 cm³/mol. The molecule has 0 heterocycles. The first kappa shape index (κ1) is 29.8. The van der Waals surface area contributed by atoms with Crippen LogP contribution < -0.4 is 0 Å². The Morgan fingerprint density at radius 3 is 2.18 bits per heavy atom. The van der Waals surface area contributed by atoms with Gasteiger partial charge in [0, 0.05) is 26.1 Å². The number of carboxylic acids is 1. The van der Waals surface area contributed by atoms with Crippen LogP contribution in [-0.4, -0.2) is 58.9 Å². The van der Waals surface area contributed by atoms with Crippen LogP contribution in [0.25, 0.3) is 0 Å². The summed E-state index contributed by atoms with van der Waals surface area (Å²) in [4.78, 5) is 26.1. The number of carbonyl (C=O) groups excluding carboxylic acids is 1. The number of nitrogens with zero attached hydrogens (tertiary/aromatic N) is 1. The lowest BCUT2D eigenvalue weighted by molar-refractivity contribution is -0.181. The smallest absolute Gasteiger partial charge is 0.307 e. The molecule has 0 saturated heterocycles. The minimum Gasteiger partial charge on any atom is -0.481 e. The number of carboxylic acid groups (broad SMARTS) is 1. The second kappa shape index (κ2) is 11.4. The molecule has 0 aromatic carbocycles. The molecule has 4 fully saturated rings. The predicted octanol–water partition coefficient (Wildman–Crippen LogP) is 6.01. The normalized spacial score (nSPS) is 41.5. The van der Waals surface area contributed by atoms with Crippen LogP contribution in [0.3, 0.4) is 0 Å². The molecule has 2 N–H and O–H groups in total. The van der Waals surface area contributed by atoms with E-state index in [1.54, 1.807) is 0 Å². The summed E-state index contributed by atoms with van der Waals surface area (Å²) in [5.74, 6) is 2.53. The maximum Gasteiger partial charge on any atom is 0.307 e. The summed E-state index contributed by atoms with van der Waals surface area (Å²) in [6.07, 6.45) is 8.99. The van der Waals surface area contributed by atoms with Crippen LogP contribution >= 0.6 is 0 Å². The molecular weight excluding hydrogens is 478 g/mol. The second-order valence-electron chi connectivity index (χ2n) is 15.1. The molecule has 4 rings (SSSR count). The maximum absolute atomic E-state index is 12.0. The highest BCUT2D eigenvalue weighted by molar-refractivity contribution is 5.71. The van der Waals surface area contributed by atoms with Gasteiger partial charge in [-0.3, -0.25) is 9.59 Å². The molecule has 38 heavy (non-hydrogen) atoms.